The molecule has 0 amide bonds. The highest BCUT2D eigenvalue weighted by Crippen LogP contribution is 2.29. The Kier molecular flexibility index (Phi) is 2.80. The van der Waals surface area contributed by atoms with E-state index in [1.54, 1.807) is 16.7 Å². The number of alkyl halides is 1. The summed E-state index contributed by atoms with van der Waals surface area (Å²) in [5.74, 6) is 1.29. The van der Waals surface area contributed by atoms with E-state index in [4.69, 9.17) is 17.3 Å². The topological polar surface area (TPSA) is 56.7 Å². The zero-order chi connectivity index (χ0) is 12.7. The van der Waals surface area contributed by atoms with Crippen molar-refractivity contribution in [3.8, 4) is 11.4 Å². The molecule has 2 unspecified atom stereocenters. The minimum Gasteiger partial charge on any atom is -0.321 e. The number of hydrogen-bond acceptors (Lipinski definition) is 3. The molecule has 1 aromatic carbocycles. The summed E-state index contributed by atoms with van der Waals surface area (Å²) in [4.78, 5) is 0. The van der Waals surface area contributed by atoms with Crippen molar-refractivity contribution in [2.45, 2.75) is 25.2 Å². The van der Waals surface area contributed by atoms with E-state index < -0.39 is 6.17 Å². The van der Waals surface area contributed by atoms with E-state index in [1.165, 1.54) is 0 Å². The van der Waals surface area contributed by atoms with Crippen LogP contribution in [0.25, 0.3) is 11.4 Å². The minimum atomic E-state index is -0.949. The van der Waals surface area contributed by atoms with Gasteiger partial charge in [-0.1, -0.05) is 11.6 Å². The lowest BCUT2D eigenvalue weighted by molar-refractivity contribution is 0.231. The van der Waals surface area contributed by atoms with Gasteiger partial charge in [0.15, 0.2) is 5.82 Å². The lowest BCUT2D eigenvalue weighted by atomic mass is 10.1. The number of rotatable bonds is 1. The molecule has 6 heteroatoms. The summed E-state index contributed by atoms with van der Waals surface area (Å²) >= 11 is 5.84. The van der Waals surface area contributed by atoms with Gasteiger partial charge >= 0.3 is 0 Å². The number of hydrogen-bond donors (Lipinski definition) is 1. The van der Waals surface area contributed by atoms with Gasteiger partial charge in [0.2, 0.25) is 0 Å². The Morgan fingerprint density at radius 1 is 1.28 bits per heavy atom. The second-order valence-electron chi connectivity index (χ2n) is 4.44. The van der Waals surface area contributed by atoms with Crippen molar-refractivity contribution in [2.24, 2.45) is 5.73 Å². The number of halogens is 2. The van der Waals surface area contributed by atoms with Crippen molar-refractivity contribution >= 4 is 11.6 Å². The molecule has 0 saturated heterocycles. The zero-order valence-electron chi connectivity index (χ0n) is 9.55. The summed E-state index contributed by atoms with van der Waals surface area (Å²) in [6, 6.07) is 6.84. The highest BCUT2D eigenvalue weighted by atomic mass is 35.5. The van der Waals surface area contributed by atoms with Gasteiger partial charge in [0.25, 0.3) is 0 Å². The quantitative estimate of drug-likeness (QED) is 0.862. The van der Waals surface area contributed by atoms with E-state index in [2.05, 4.69) is 10.2 Å². The number of benzene rings is 1. The summed E-state index contributed by atoms with van der Waals surface area (Å²) in [6.07, 6.45) is -0.645. The van der Waals surface area contributed by atoms with Crippen molar-refractivity contribution in [3.05, 3.63) is 35.1 Å². The third kappa shape index (κ3) is 1.89. The molecule has 0 saturated carbocycles. The molecule has 18 heavy (non-hydrogen) atoms. The highest BCUT2D eigenvalue weighted by molar-refractivity contribution is 6.30. The fraction of sp³-hybridized carbons (Fsp3) is 0.333. The van der Waals surface area contributed by atoms with Crippen molar-refractivity contribution in [3.63, 3.8) is 0 Å². The smallest absolute Gasteiger partial charge is 0.164 e. The first kappa shape index (κ1) is 11.6. The molecule has 1 aliphatic heterocycles. The second-order valence-corrected chi connectivity index (χ2v) is 4.88. The number of nitrogens with two attached hydrogens (primary N) is 1. The monoisotopic (exact) mass is 266 g/mol. The summed E-state index contributed by atoms with van der Waals surface area (Å²) < 4.78 is 15.3. The molecule has 1 aliphatic rings. The first-order chi connectivity index (χ1) is 8.65. The molecule has 4 nitrogen and oxygen atoms in total. The summed E-state index contributed by atoms with van der Waals surface area (Å²) in [5.41, 5.74) is 6.73. The van der Waals surface area contributed by atoms with Crippen LogP contribution in [0.4, 0.5) is 4.39 Å². The third-order valence-corrected chi connectivity index (χ3v) is 3.36. The predicted molar refractivity (Wildman–Crippen MR) is 66.9 cm³/mol. The molecule has 2 heterocycles. The first-order valence-corrected chi connectivity index (χ1v) is 6.11. The second kappa shape index (κ2) is 4.33. The summed E-state index contributed by atoms with van der Waals surface area (Å²) in [7, 11) is 0. The van der Waals surface area contributed by atoms with Crippen LogP contribution in [-0.4, -0.2) is 20.9 Å². The maximum atomic E-state index is 13.6. The fourth-order valence-electron chi connectivity index (χ4n) is 2.24. The lowest BCUT2D eigenvalue weighted by Crippen LogP contribution is -2.29. The van der Waals surface area contributed by atoms with Crippen molar-refractivity contribution in [1.82, 2.24) is 14.8 Å². The molecule has 0 radical (unpaired) electrons. The Labute approximate surface area is 109 Å². The Bertz CT molecular complexity index is 566. The molecule has 0 bridgehead atoms. The van der Waals surface area contributed by atoms with Gasteiger partial charge in [0, 0.05) is 17.0 Å². The molecule has 0 aliphatic carbocycles. The largest absolute Gasteiger partial charge is 0.321 e. The molecule has 0 fully saturated rings. The first-order valence-electron chi connectivity index (χ1n) is 5.74. The Morgan fingerprint density at radius 3 is 2.72 bits per heavy atom. The zero-order valence-corrected chi connectivity index (χ0v) is 10.3. The highest BCUT2D eigenvalue weighted by Gasteiger charge is 2.28. The van der Waals surface area contributed by atoms with Gasteiger partial charge in [-0.25, -0.2) is 4.39 Å². The van der Waals surface area contributed by atoms with Gasteiger partial charge in [0.1, 0.15) is 12.0 Å². The van der Waals surface area contributed by atoms with Crippen LogP contribution in [0, 0.1) is 0 Å². The van der Waals surface area contributed by atoms with Crippen LogP contribution < -0.4 is 5.73 Å². The SMILES string of the molecule is NC1CC(F)Cn2c(-c3ccc(Cl)cc3)nnc21. The van der Waals surface area contributed by atoms with E-state index in [9.17, 15) is 4.39 Å². The van der Waals surface area contributed by atoms with Crippen molar-refractivity contribution in [2.75, 3.05) is 0 Å². The van der Waals surface area contributed by atoms with E-state index in [1.807, 2.05) is 12.1 Å². The van der Waals surface area contributed by atoms with E-state index in [0.717, 1.165) is 5.56 Å². The lowest BCUT2D eigenvalue weighted by Gasteiger charge is -2.23. The molecule has 2 aromatic rings. The van der Waals surface area contributed by atoms with Crippen LogP contribution in [0.3, 0.4) is 0 Å². The van der Waals surface area contributed by atoms with Crippen molar-refractivity contribution < 1.29 is 4.39 Å². The third-order valence-electron chi connectivity index (χ3n) is 3.10. The summed E-state index contributed by atoms with van der Waals surface area (Å²) in [5, 5.41) is 8.82. The summed E-state index contributed by atoms with van der Waals surface area (Å²) in [6.45, 7) is 0.258. The standard InChI is InChI=1S/C12H12ClFN4/c13-8-3-1-7(2-4-8)11-16-17-12-10(15)5-9(14)6-18(11)12/h1-4,9-10H,5-6,15H2. The van der Waals surface area contributed by atoms with Crippen LogP contribution in [0.5, 0.6) is 0 Å². The van der Waals surface area contributed by atoms with Gasteiger partial charge in [0.05, 0.1) is 12.6 Å². The predicted octanol–water partition coefficient (Wildman–Crippen LogP) is 2.34. The Hall–Kier alpha value is -1.46. The van der Waals surface area contributed by atoms with Crippen LogP contribution in [0.15, 0.2) is 24.3 Å². The van der Waals surface area contributed by atoms with E-state index in [-0.39, 0.29) is 12.6 Å². The molecule has 2 N–H and O–H groups in total. The maximum absolute atomic E-state index is 13.6. The number of aromatic nitrogens is 3. The number of nitrogens with zero attached hydrogens (tertiary/aromatic N) is 3. The molecule has 2 atom stereocenters. The van der Waals surface area contributed by atoms with Gasteiger partial charge in [-0.2, -0.15) is 0 Å². The van der Waals surface area contributed by atoms with Crippen LogP contribution in [0.1, 0.15) is 18.3 Å². The molecule has 3 rings (SSSR count). The van der Waals surface area contributed by atoms with Crippen LogP contribution in [0.2, 0.25) is 5.02 Å². The fourth-order valence-corrected chi connectivity index (χ4v) is 2.36. The molecule has 0 spiro atoms. The molecule has 94 valence electrons. The maximum Gasteiger partial charge on any atom is 0.164 e. The molecular formula is C12H12ClFN4. The average molecular weight is 267 g/mol. The minimum absolute atomic E-state index is 0.258. The van der Waals surface area contributed by atoms with E-state index >= 15 is 0 Å². The van der Waals surface area contributed by atoms with Crippen LogP contribution in [-0.2, 0) is 6.54 Å². The van der Waals surface area contributed by atoms with E-state index in [0.29, 0.717) is 23.1 Å². The van der Waals surface area contributed by atoms with Gasteiger partial charge in [-0.05, 0) is 24.3 Å². The van der Waals surface area contributed by atoms with Gasteiger partial charge in [-0.15, -0.1) is 10.2 Å². The Morgan fingerprint density at radius 2 is 2.00 bits per heavy atom. The molecular weight excluding hydrogens is 255 g/mol. The van der Waals surface area contributed by atoms with Crippen LogP contribution >= 0.6 is 11.6 Å². The normalized spacial score (nSPS) is 22.8. The number of fused-ring (bicyclic) bond motifs is 1. The Balaban J connectivity index is 2.06. The van der Waals surface area contributed by atoms with Gasteiger partial charge in [-0.3, -0.25) is 0 Å². The average Bonchev–Trinajstić information content (AvgIpc) is 2.74. The van der Waals surface area contributed by atoms with Crippen molar-refractivity contribution in [1.29, 1.82) is 0 Å². The molecule has 1 aromatic heterocycles. The van der Waals surface area contributed by atoms with Gasteiger partial charge < -0.3 is 10.3 Å².